The number of carbonyl (C=O) groups is 2. The highest BCUT2D eigenvalue weighted by Crippen LogP contribution is 2.37. The molecule has 0 spiro atoms. The molecule has 2 aromatic heterocycles. The summed E-state index contributed by atoms with van der Waals surface area (Å²) in [5.41, 5.74) is 0.374. The van der Waals surface area contributed by atoms with Crippen LogP contribution in [0.5, 0.6) is 0 Å². The predicted molar refractivity (Wildman–Crippen MR) is 137 cm³/mol. The number of nitrogens with zero attached hydrogens (tertiary/aromatic N) is 2. The van der Waals surface area contributed by atoms with Gasteiger partial charge in [0.25, 0.3) is 21.7 Å². The van der Waals surface area contributed by atoms with Crippen LogP contribution >= 0.6 is 22.7 Å². The molecule has 0 atom stereocenters. The molecule has 192 valence electrons. The van der Waals surface area contributed by atoms with Gasteiger partial charge >= 0.3 is 6.18 Å². The predicted octanol–water partition coefficient (Wildman–Crippen LogP) is 6.08. The van der Waals surface area contributed by atoms with Gasteiger partial charge in [-0.25, -0.2) is 13.4 Å². The van der Waals surface area contributed by atoms with Crippen LogP contribution in [0, 0.1) is 0 Å². The van der Waals surface area contributed by atoms with Crippen LogP contribution < -0.4 is 9.62 Å². The molecule has 2 heterocycles. The number of sulfonamides is 1. The van der Waals surface area contributed by atoms with E-state index in [1.807, 2.05) is 0 Å². The number of rotatable bonds is 8. The number of carbonyl (C=O) groups excluding carboxylic acids is 2. The first-order valence-electron chi connectivity index (χ1n) is 10.7. The minimum Gasteiger partial charge on any atom is -0.298 e. The number of thiophene rings is 1. The van der Waals surface area contributed by atoms with E-state index in [0.717, 1.165) is 11.3 Å². The Hall–Kier alpha value is -3.55. The summed E-state index contributed by atoms with van der Waals surface area (Å²) in [4.78, 5) is 28.4. The maximum atomic E-state index is 13.1. The van der Waals surface area contributed by atoms with E-state index in [0.29, 0.717) is 21.9 Å². The van der Waals surface area contributed by atoms with Gasteiger partial charge < -0.3 is 0 Å². The molecule has 0 unspecified atom stereocenters. The van der Waals surface area contributed by atoms with Gasteiger partial charge in [0.1, 0.15) is 10.6 Å². The zero-order valence-electron chi connectivity index (χ0n) is 19.0. The number of halogens is 3. The molecule has 4 rings (SSSR count). The van der Waals surface area contributed by atoms with Gasteiger partial charge in [-0.3, -0.25) is 19.2 Å². The SMILES string of the molecule is CCN(c1ccccc1)S(=O)(=O)c1ccc(C(=O)Nc2nc(-c3cccs3)c(C(=O)C(F)(F)F)s2)cc1. The van der Waals surface area contributed by atoms with Crippen molar-refractivity contribution < 1.29 is 31.2 Å². The van der Waals surface area contributed by atoms with Crippen LogP contribution in [0.1, 0.15) is 27.0 Å². The van der Waals surface area contributed by atoms with Crippen molar-refractivity contribution in [3.05, 3.63) is 82.6 Å². The summed E-state index contributed by atoms with van der Waals surface area (Å²) in [7, 11) is -3.91. The van der Waals surface area contributed by atoms with Crippen molar-refractivity contribution in [3.63, 3.8) is 0 Å². The number of para-hydroxylation sites is 1. The molecule has 0 saturated heterocycles. The first-order chi connectivity index (χ1) is 17.5. The molecular weight excluding hydrogens is 547 g/mol. The molecular formula is C24H18F3N3O4S3. The Labute approximate surface area is 218 Å². The first kappa shape index (κ1) is 26.5. The maximum Gasteiger partial charge on any atom is 0.455 e. The van der Waals surface area contributed by atoms with Crippen LogP contribution in [0.3, 0.4) is 0 Å². The van der Waals surface area contributed by atoms with Gasteiger partial charge in [0.2, 0.25) is 0 Å². The van der Waals surface area contributed by atoms with E-state index in [1.54, 1.807) is 48.7 Å². The summed E-state index contributed by atoms with van der Waals surface area (Å²) >= 11 is 1.52. The van der Waals surface area contributed by atoms with Gasteiger partial charge in [0.15, 0.2) is 5.13 Å². The number of hydrogen-bond acceptors (Lipinski definition) is 7. The van der Waals surface area contributed by atoms with E-state index < -0.39 is 32.8 Å². The standard InChI is InChI=1S/C24H18F3N3O4S3/c1-2-30(16-7-4-3-5-8-16)37(33,34)17-12-10-15(11-13-17)22(32)29-23-28-19(18-9-6-14-35-18)20(36-23)21(31)24(25,26)27/h3-14H,2H2,1H3,(H,28,29,32). The van der Waals surface area contributed by atoms with Gasteiger partial charge in [0, 0.05) is 12.1 Å². The third-order valence-corrected chi connectivity index (χ3v) is 8.87. The van der Waals surface area contributed by atoms with Crippen LogP contribution in [0.2, 0.25) is 0 Å². The number of aromatic nitrogens is 1. The molecule has 1 amide bonds. The highest BCUT2D eigenvalue weighted by atomic mass is 32.2. The van der Waals surface area contributed by atoms with Crippen LogP contribution in [0.4, 0.5) is 24.0 Å². The summed E-state index contributed by atoms with van der Waals surface area (Å²) in [6, 6.07) is 16.8. The zero-order valence-corrected chi connectivity index (χ0v) is 21.5. The molecule has 0 aliphatic heterocycles. The Morgan fingerprint density at radius 1 is 1.00 bits per heavy atom. The number of thiazole rings is 1. The molecule has 0 bridgehead atoms. The Bertz CT molecular complexity index is 1520. The lowest BCUT2D eigenvalue weighted by Crippen LogP contribution is -2.30. The van der Waals surface area contributed by atoms with Crippen molar-refractivity contribution in [1.29, 1.82) is 0 Å². The Morgan fingerprint density at radius 2 is 1.68 bits per heavy atom. The number of hydrogen-bond donors (Lipinski definition) is 1. The van der Waals surface area contributed by atoms with Crippen molar-refractivity contribution in [2.24, 2.45) is 0 Å². The fourth-order valence-corrected chi connectivity index (χ4v) is 6.59. The number of nitrogens with one attached hydrogen (secondary N) is 1. The number of benzene rings is 2. The van der Waals surface area contributed by atoms with E-state index >= 15 is 0 Å². The van der Waals surface area contributed by atoms with Crippen molar-refractivity contribution in [2.75, 3.05) is 16.2 Å². The van der Waals surface area contributed by atoms with Crippen molar-refractivity contribution in [3.8, 4) is 10.6 Å². The summed E-state index contributed by atoms with van der Waals surface area (Å²) in [5, 5.41) is 3.83. The number of alkyl halides is 3. The number of ketones is 1. The first-order valence-corrected chi connectivity index (χ1v) is 13.8. The molecule has 13 heteroatoms. The number of Topliss-reactive ketones (excluding diaryl/α,β-unsaturated/α-hetero) is 1. The maximum absolute atomic E-state index is 13.1. The third kappa shape index (κ3) is 5.58. The number of anilines is 2. The van der Waals surface area contributed by atoms with Gasteiger partial charge in [-0.15, -0.1) is 11.3 Å². The van der Waals surface area contributed by atoms with Crippen molar-refractivity contribution >= 4 is 55.2 Å². The molecule has 1 N–H and O–H groups in total. The van der Waals surface area contributed by atoms with Crippen LogP contribution in [-0.4, -0.2) is 37.8 Å². The smallest absolute Gasteiger partial charge is 0.298 e. The van der Waals surface area contributed by atoms with E-state index in [-0.39, 0.29) is 27.8 Å². The number of amides is 1. The van der Waals surface area contributed by atoms with Gasteiger partial charge in [-0.2, -0.15) is 13.2 Å². The Kier molecular flexibility index (Phi) is 7.48. The topological polar surface area (TPSA) is 96.4 Å². The lowest BCUT2D eigenvalue weighted by Gasteiger charge is -2.22. The molecule has 7 nitrogen and oxygen atoms in total. The average molecular weight is 566 g/mol. The van der Waals surface area contributed by atoms with E-state index in [1.165, 1.54) is 34.6 Å². The fraction of sp³-hybridized carbons (Fsp3) is 0.125. The highest BCUT2D eigenvalue weighted by molar-refractivity contribution is 7.92. The second kappa shape index (κ2) is 10.4. The fourth-order valence-electron chi connectivity index (χ4n) is 3.40. The monoisotopic (exact) mass is 565 g/mol. The van der Waals surface area contributed by atoms with Crippen LogP contribution in [-0.2, 0) is 10.0 Å². The summed E-state index contributed by atoms with van der Waals surface area (Å²) < 4.78 is 66.8. The minimum absolute atomic E-state index is 0.0398. The quantitative estimate of drug-likeness (QED) is 0.261. The van der Waals surface area contributed by atoms with E-state index in [9.17, 15) is 31.2 Å². The molecule has 0 aliphatic carbocycles. The third-order valence-electron chi connectivity index (χ3n) is 5.10. The molecule has 0 aliphatic rings. The minimum atomic E-state index is -5.10. The summed E-state index contributed by atoms with van der Waals surface area (Å²) in [6.07, 6.45) is -5.10. The zero-order chi connectivity index (χ0) is 26.8. The van der Waals surface area contributed by atoms with Crippen molar-refractivity contribution in [1.82, 2.24) is 4.98 Å². The second-order valence-corrected chi connectivity index (χ2v) is 11.3. The summed E-state index contributed by atoms with van der Waals surface area (Å²) in [5.74, 6) is -2.78. The van der Waals surface area contributed by atoms with E-state index in [4.69, 9.17) is 0 Å². The molecule has 4 aromatic rings. The largest absolute Gasteiger partial charge is 0.455 e. The molecule has 37 heavy (non-hydrogen) atoms. The lowest BCUT2D eigenvalue weighted by molar-refractivity contribution is -0.0882. The van der Waals surface area contributed by atoms with Gasteiger partial charge in [-0.1, -0.05) is 35.6 Å². The average Bonchev–Trinajstić information content (AvgIpc) is 3.54. The summed E-state index contributed by atoms with van der Waals surface area (Å²) in [6.45, 7) is 1.88. The molecule has 0 fully saturated rings. The van der Waals surface area contributed by atoms with Crippen molar-refractivity contribution in [2.45, 2.75) is 18.0 Å². The molecule has 0 saturated carbocycles. The lowest BCUT2D eigenvalue weighted by atomic mass is 10.2. The Balaban J connectivity index is 1.58. The van der Waals surface area contributed by atoms with Gasteiger partial charge in [0.05, 0.1) is 15.5 Å². The van der Waals surface area contributed by atoms with Crippen LogP contribution in [0.15, 0.2) is 77.0 Å². The molecule has 0 radical (unpaired) electrons. The normalized spacial score (nSPS) is 11.8. The second-order valence-electron chi connectivity index (χ2n) is 7.48. The Morgan fingerprint density at radius 3 is 2.24 bits per heavy atom. The molecule has 2 aromatic carbocycles. The highest BCUT2D eigenvalue weighted by Gasteiger charge is 2.42. The van der Waals surface area contributed by atoms with Crippen LogP contribution in [0.25, 0.3) is 10.6 Å². The van der Waals surface area contributed by atoms with Gasteiger partial charge in [-0.05, 0) is 54.8 Å². The van der Waals surface area contributed by atoms with E-state index in [2.05, 4.69) is 10.3 Å².